The number of rotatable bonds is 9. The van der Waals surface area contributed by atoms with Crippen LogP contribution in [0, 0.1) is 5.82 Å². The van der Waals surface area contributed by atoms with Crippen LogP contribution in [0.1, 0.15) is 25.7 Å². The van der Waals surface area contributed by atoms with E-state index in [-0.39, 0.29) is 44.3 Å². The number of hydrogen-bond donors (Lipinski definition) is 4. The van der Waals surface area contributed by atoms with Crippen molar-refractivity contribution in [3.8, 4) is 22.9 Å². The second kappa shape index (κ2) is 13.0. The molecule has 11 nitrogen and oxygen atoms in total. The molecule has 15 heteroatoms. The van der Waals surface area contributed by atoms with Crippen LogP contribution in [0.2, 0.25) is 10.0 Å². The largest absolute Gasteiger partial charge is 0.465 e. The summed E-state index contributed by atoms with van der Waals surface area (Å²) in [5, 5.41) is 14.5. The van der Waals surface area contributed by atoms with Crippen molar-refractivity contribution in [2.75, 3.05) is 10.0 Å². The normalized spacial score (nSPS) is 16.7. The lowest BCUT2D eigenvalue weighted by atomic mass is 9.91. The number of nitrogens with zero attached hydrogens (tertiary/aromatic N) is 3. The van der Waals surface area contributed by atoms with Gasteiger partial charge in [0.25, 0.3) is 10.0 Å². The van der Waals surface area contributed by atoms with E-state index in [9.17, 15) is 13.2 Å². The van der Waals surface area contributed by atoms with Gasteiger partial charge in [0.05, 0.1) is 27.0 Å². The number of aromatic nitrogens is 3. The second-order valence-corrected chi connectivity index (χ2v) is 12.1. The SMILES string of the molecule is O=C(O)NC1CCC(Nc2nccc(-c3cccnc3Oc3c(F)cc(NS(=O)(=O)c4ccccc4Cl)cc3Cl)n2)CC1. The van der Waals surface area contributed by atoms with Crippen LogP contribution in [-0.2, 0) is 10.0 Å². The predicted octanol–water partition coefficient (Wildman–Crippen LogP) is 6.57. The van der Waals surface area contributed by atoms with Crippen molar-refractivity contribution < 1.29 is 27.4 Å². The van der Waals surface area contributed by atoms with Gasteiger partial charge in [0, 0.05) is 30.5 Å². The van der Waals surface area contributed by atoms with Crippen LogP contribution in [0.15, 0.2) is 71.9 Å². The van der Waals surface area contributed by atoms with Gasteiger partial charge in [-0.15, -0.1) is 0 Å². The summed E-state index contributed by atoms with van der Waals surface area (Å²) in [5.74, 6) is -0.917. The minimum absolute atomic E-state index is 0.00713. The third kappa shape index (κ3) is 7.42. The first-order valence-electron chi connectivity index (χ1n) is 13.1. The highest BCUT2D eigenvalue weighted by atomic mass is 35.5. The summed E-state index contributed by atoms with van der Waals surface area (Å²) in [6.45, 7) is 0. The van der Waals surface area contributed by atoms with Gasteiger partial charge in [-0.05, 0) is 62.1 Å². The molecule has 1 amide bonds. The molecule has 1 saturated carbocycles. The van der Waals surface area contributed by atoms with Gasteiger partial charge in [-0.1, -0.05) is 35.3 Å². The Hall–Kier alpha value is -4.20. The zero-order valence-corrected chi connectivity index (χ0v) is 24.6. The maximum absolute atomic E-state index is 15.2. The van der Waals surface area contributed by atoms with E-state index in [0.717, 1.165) is 18.9 Å². The van der Waals surface area contributed by atoms with Crippen LogP contribution in [0.25, 0.3) is 11.3 Å². The molecular formula is C28H25Cl2FN6O5S. The molecule has 2 heterocycles. The lowest BCUT2D eigenvalue weighted by Gasteiger charge is -2.28. The Morgan fingerprint density at radius 1 is 0.953 bits per heavy atom. The van der Waals surface area contributed by atoms with E-state index in [0.29, 0.717) is 30.0 Å². The lowest BCUT2D eigenvalue weighted by molar-refractivity contribution is 0.185. The summed E-state index contributed by atoms with van der Waals surface area (Å²) < 4.78 is 48.9. The Balaban J connectivity index is 1.33. The molecule has 5 rings (SSSR count). The highest BCUT2D eigenvalue weighted by Crippen LogP contribution is 2.38. The van der Waals surface area contributed by atoms with Crippen LogP contribution < -0.4 is 20.1 Å². The molecule has 43 heavy (non-hydrogen) atoms. The molecule has 2 aromatic carbocycles. The Bertz CT molecular complexity index is 1730. The summed E-state index contributed by atoms with van der Waals surface area (Å²) in [5.41, 5.74) is 0.749. The number of nitrogens with one attached hydrogen (secondary N) is 3. The standard InChI is InChI=1S/C28H25Cl2FN6O5S/c29-20-5-1-2-6-24(20)43(40,41)37-18-14-21(30)25(22(31)15-18)42-26-19(4-3-12-32-26)23-11-13-33-27(36-23)34-16-7-9-17(10-8-16)35-28(38)39/h1-6,11-17,35,37H,7-10H2,(H,38,39)(H,33,34,36). The molecule has 0 bridgehead atoms. The molecule has 1 aliphatic rings. The number of anilines is 2. The van der Waals surface area contributed by atoms with Crippen molar-refractivity contribution in [3.63, 3.8) is 0 Å². The van der Waals surface area contributed by atoms with Crippen molar-refractivity contribution >= 4 is 51.0 Å². The van der Waals surface area contributed by atoms with Crippen LogP contribution in [-0.4, -0.2) is 46.7 Å². The summed E-state index contributed by atoms with van der Waals surface area (Å²) in [6.07, 6.45) is 4.85. The molecule has 0 aliphatic heterocycles. The van der Waals surface area contributed by atoms with Gasteiger partial charge in [0.15, 0.2) is 11.6 Å². The van der Waals surface area contributed by atoms with Crippen LogP contribution in [0.4, 0.5) is 20.8 Å². The maximum Gasteiger partial charge on any atom is 0.404 e. The quantitative estimate of drug-likeness (QED) is 0.158. The predicted molar refractivity (Wildman–Crippen MR) is 160 cm³/mol. The first-order valence-corrected chi connectivity index (χ1v) is 15.3. The molecule has 224 valence electrons. The van der Waals surface area contributed by atoms with Gasteiger partial charge in [-0.2, -0.15) is 0 Å². The molecule has 4 N–H and O–H groups in total. The lowest BCUT2D eigenvalue weighted by Crippen LogP contribution is -2.39. The fraction of sp³-hybridized carbons (Fsp3) is 0.214. The zero-order chi connectivity index (χ0) is 30.6. The van der Waals surface area contributed by atoms with E-state index in [1.165, 1.54) is 30.5 Å². The third-order valence-electron chi connectivity index (χ3n) is 6.67. The average Bonchev–Trinajstić information content (AvgIpc) is 2.96. The van der Waals surface area contributed by atoms with Gasteiger partial charge in [0.2, 0.25) is 11.8 Å². The maximum atomic E-state index is 15.2. The topological polar surface area (TPSA) is 155 Å². The van der Waals surface area contributed by atoms with Gasteiger partial charge in [-0.3, -0.25) is 4.72 Å². The van der Waals surface area contributed by atoms with E-state index >= 15 is 4.39 Å². The minimum atomic E-state index is -4.12. The summed E-state index contributed by atoms with van der Waals surface area (Å²) >= 11 is 12.4. The summed E-state index contributed by atoms with van der Waals surface area (Å²) in [7, 11) is -4.12. The smallest absolute Gasteiger partial charge is 0.404 e. The minimum Gasteiger partial charge on any atom is -0.465 e. The first-order chi connectivity index (χ1) is 20.6. The monoisotopic (exact) mass is 646 g/mol. The highest BCUT2D eigenvalue weighted by Gasteiger charge is 2.24. The number of ether oxygens (including phenoxy) is 1. The van der Waals surface area contributed by atoms with Crippen molar-refractivity contribution in [2.24, 2.45) is 0 Å². The number of benzene rings is 2. The van der Waals surface area contributed by atoms with Crippen LogP contribution >= 0.6 is 23.2 Å². The molecule has 0 atom stereocenters. The number of pyridine rings is 1. The van der Waals surface area contributed by atoms with Gasteiger partial charge in [-0.25, -0.2) is 32.6 Å². The molecule has 4 aromatic rings. The average molecular weight is 648 g/mol. The molecule has 2 aromatic heterocycles. The fourth-order valence-corrected chi connectivity index (χ4v) is 6.48. The molecule has 0 spiro atoms. The number of carbonyl (C=O) groups is 1. The van der Waals surface area contributed by atoms with Gasteiger partial charge < -0.3 is 20.5 Å². The molecular weight excluding hydrogens is 622 g/mol. The van der Waals surface area contributed by atoms with Crippen LogP contribution in [0.3, 0.4) is 0 Å². The Labute approximate surface area is 256 Å². The number of halogens is 3. The number of hydrogen-bond acceptors (Lipinski definition) is 8. The molecule has 1 fully saturated rings. The molecule has 1 aliphatic carbocycles. The van der Waals surface area contributed by atoms with Crippen molar-refractivity contribution in [2.45, 2.75) is 42.7 Å². The zero-order valence-electron chi connectivity index (χ0n) is 22.3. The molecule has 0 saturated heterocycles. The van der Waals surface area contributed by atoms with Crippen molar-refractivity contribution in [1.29, 1.82) is 0 Å². The van der Waals surface area contributed by atoms with Gasteiger partial charge in [0.1, 0.15) is 4.90 Å². The Morgan fingerprint density at radius 2 is 1.70 bits per heavy atom. The summed E-state index contributed by atoms with van der Waals surface area (Å²) in [6, 6.07) is 13.0. The number of sulfonamides is 1. The summed E-state index contributed by atoms with van der Waals surface area (Å²) in [4.78, 5) is 23.8. The Morgan fingerprint density at radius 3 is 2.42 bits per heavy atom. The molecule has 0 unspecified atom stereocenters. The fourth-order valence-electron chi connectivity index (χ4n) is 4.67. The second-order valence-electron chi connectivity index (χ2n) is 9.67. The highest BCUT2D eigenvalue weighted by molar-refractivity contribution is 7.92. The third-order valence-corrected chi connectivity index (χ3v) is 8.83. The van der Waals surface area contributed by atoms with Crippen molar-refractivity contribution in [1.82, 2.24) is 20.3 Å². The number of amides is 1. The van der Waals surface area contributed by atoms with E-state index in [2.05, 4.69) is 30.3 Å². The van der Waals surface area contributed by atoms with Crippen molar-refractivity contribution in [3.05, 3.63) is 82.9 Å². The first kappa shape index (κ1) is 30.3. The van der Waals surface area contributed by atoms with E-state index in [1.54, 1.807) is 30.5 Å². The van der Waals surface area contributed by atoms with E-state index < -0.39 is 21.9 Å². The molecule has 0 radical (unpaired) electrons. The number of carboxylic acid groups (broad SMARTS) is 1. The Kier molecular flexibility index (Phi) is 9.14. The van der Waals surface area contributed by atoms with E-state index in [1.807, 2.05) is 0 Å². The van der Waals surface area contributed by atoms with E-state index in [4.69, 9.17) is 33.0 Å². The van der Waals surface area contributed by atoms with Gasteiger partial charge >= 0.3 is 6.09 Å². The van der Waals surface area contributed by atoms with Crippen LogP contribution in [0.5, 0.6) is 11.6 Å².